The number of thioether (sulfide) groups is 1. The first-order chi connectivity index (χ1) is 26.5. The van der Waals surface area contributed by atoms with Crippen LogP contribution in [-0.2, 0) is 27.3 Å². The van der Waals surface area contributed by atoms with Gasteiger partial charge in [0.1, 0.15) is 27.6 Å². The number of ether oxygens (including phenoxy) is 1. The Bertz CT molecular complexity index is 2260. The maximum absolute atomic E-state index is 14.1. The summed E-state index contributed by atoms with van der Waals surface area (Å²) in [5.41, 5.74) is 2.99. The molecule has 2 heterocycles. The molecule has 0 spiro atoms. The highest BCUT2D eigenvalue weighted by atomic mass is 32.2. The number of rotatable bonds is 10. The summed E-state index contributed by atoms with van der Waals surface area (Å²) in [5, 5.41) is 18.5. The topological polar surface area (TPSA) is 141 Å². The molecule has 4 amide bonds. The van der Waals surface area contributed by atoms with Gasteiger partial charge in [0.05, 0.1) is 12.1 Å². The van der Waals surface area contributed by atoms with Crippen LogP contribution in [0.2, 0.25) is 0 Å². The Morgan fingerprint density at radius 2 is 1.56 bits per heavy atom. The average molecular weight is 770 g/mol. The summed E-state index contributed by atoms with van der Waals surface area (Å²) in [4.78, 5) is 56.8. The van der Waals surface area contributed by atoms with E-state index in [2.05, 4.69) is 22.0 Å². The van der Waals surface area contributed by atoms with Crippen molar-refractivity contribution in [2.45, 2.75) is 49.5 Å². The first-order valence-electron chi connectivity index (χ1n) is 17.6. The average Bonchev–Trinajstić information content (AvgIpc) is 3.53. The van der Waals surface area contributed by atoms with Gasteiger partial charge in [0, 0.05) is 27.6 Å². The number of anilines is 2. The number of benzene rings is 4. The van der Waals surface area contributed by atoms with Crippen LogP contribution in [0.4, 0.5) is 15.5 Å². The Morgan fingerprint density at radius 1 is 0.891 bits per heavy atom. The van der Waals surface area contributed by atoms with E-state index in [4.69, 9.17) is 4.74 Å². The Morgan fingerprint density at radius 3 is 2.24 bits per heavy atom. The fourth-order valence-electron chi connectivity index (χ4n) is 5.81. The van der Waals surface area contributed by atoms with Gasteiger partial charge in [-0.15, -0.1) is 23.1 Å². The molecule has 0 bridgehead atoms. The molecule has 0 fully saturated rings. The smallest absolute Gasteiger partial charge is 0.410 e. The minimum Gasteiger partial charge on any atom is -0.444 e. The van der Waals surface area contributed by atoms with Gasteiger partial charge in [0.25, 0.3) is 11.8 Å². The Hall–Kier alpha value is -6.16. The third-order valence-electron chi connectivity index (χ3n) is 8.38. The van der Waals surface area contributed by atoms with Gasteiger partial charge in [0.15, 0.2) is 0 Å². The number of carbonyl (C=O) groups is 4. The minimum atomic E-state index is -0.727. The molecule has 1 aromatic heterocycles. The molecule has 55 heavy (non-hydrogen) atoms. The number of nitriles is 1. The fourth-order valence-corrected chi connectivity index (χ4v) is 8.11. The molecule has 1 atom stereocenters. The lowest BCUT2D eigenvalue weighted by Gasteiger charge is -2.29. The van der Waals surface area contributed by atoms with Gasteiger partial charge in [-0.3, -0.25) is 14.4 Å². The predicted octanol–water partition coefficient (Wildman–Crippen LogP) is 8.79. The zero-order chi connectivity index (χ0) is 39.0. The highest BCUT2D eigenvalue weighted by molar-refractivity contribution is 8.00. The van der Waals surface area contributed by atoms with Gasteiger partial charge in [-0.25, -0.2) is 4.79 Å². The van der Waals surface area contributed by atoms with Crippen LogP contribution in [0.25, 0.3) is 6.08 Å². The van der Waals surface area contributed by atoms with E-state index in [9.17, 15) is 24.4 Å². The molecule has 5 aromatic rings. The number of thiophene rings is 1. The van der Waals surface area contributed by atoms with E-state index < -0.39 is 28.8 Å². The second kappa shape index (κ2) is 17.3. The lowest BCUT2D eigenvalue weighted by Crippen LogP contribution is -2.39. The first kappa shape index (κ1) is 38.6. The highest BCUT2D eigenvalue weighted by Gasteiger charge is 2.31. The largest absolute Gasteiger partial charge is 0.444 e. The molecule has 1 aliphatic heterocycles. The van der Waals surface area contributed by atoms with Crippen molar-refractivity contribution < 1.29 is 23.9 Å². The van der Waals surface area contributed by atoms with E-state index >= 15 is 0 Å². The maximum Gasteiger partial charge on any atom is 0.410 e. The first-order valence-corrected chi connectivity index (χ1v) is 19.3. The summed E-state index contributed by atoms with van der Waals surface area (Å²) in [7, 11) is 0. The van der Waals surface area contributed by atoms with Crippen LogP contribution in [0.5, 0.6) is 0 Å². The van der Waals surface area contributed by atoms with Crippen LogP contribution in [-0.4, -0.2) is 40.9 Å². The van der Waals surface area contributed by atoms with Crippen LogP contribution in [0, 0.1) is 11.3 Å². The Balaban J connectivity index is 1.21. The van der Waals surface area contributed by atoms with Crippen molar-refractivity contribution in [2.75, 3.05) is 17.2 Å². The predicted molar refractivity (Wildman–Crippen MR) is 216 cm³/mol. The van der Waals surface area contributed by atoms with E-state index in [0.717, 1.165) is 21.6 Å². The van der Waals surface area contributed by atoms with Gasteiger partial charge in [-0.1, -0.05) is 84.9 Å². The van der Waals surface area contributed by atoms with Crippen molar-refractivity contribution in [3.05, 3.63) is 154 Å². The SMILES string of the molecule is CC(C)(C)OC(=O)N1CCc2c(sc(NC(=O)C(Sc3cccc(NC(=O)/C(=C/c4ccccc4)NC(=O)c4ccccc4)c3)c3ccccc3)c2C#N)C1. The van der Waals surface area contributed by atoms with Crippen LogP contribution in [0.3, 0.4) is 0 Å². The molecule has 10 nitrogen and oxygen atoms in total. The number of carbonyl (C=O) groups excluding carboxylic acids is 4. The van der Waals surface area contributed by atoms with E-state index in [-0.39, 0.29) is 18.1 Å². The van der Waals surface area contributed by atoms with E-state index in [1.54, 1.807) is 53.4 Å². The van der Waals surface area contributed by atoms with Crippen LogP contribution in [0.1, 0.15) is 63.5 Å². The van der Waals surface area contributed by atoms with Gasteiger partial charge >= 0.3 is 6.09 Å². The molecule has 0 aliphatic carbocycles. The Labute approximate surface area is 328 Å². The van der Waals surface area contributed by atoms with Crippen molar-refractivity contribution in [1.29, 1.82) is 5.26 Å². The number of hydrogen-bond acceptors (Lipinski definition) is 8. The number of fused-ring (bicyclic) bond motifs is 1. The molecule has 4 aromatic carbocycles. The van der Waals surface area contributed by atoms with Gasteiger partial charge in [-0.2, -0.15) is 5.26 Å². The quantitative estimate of drug-likeness (QED) is 0.0953. The molecule has 0 saturated heterocycles. The number of amides is 4. The van der Waals surface area contributed by atoms with E-state index in [0.29, 0.717) is 39.7 Å². The van der Waals surface area contributed by atoms with Crippen molar-refractivity contribution >= 4 is 63.7 Å². The number of nitrogens with one attached hydrogen (secondary N) is 3. The maximum atomic E-state index is 14.1. The molecule has 6 rings (SSSR count). The summed E-state index contributed by atoms with van der Waals surface area (Å²) in [6, 6.07) is 36.5. The monoisotopic (exact) mass is 769 g/mol. The summed E-state index contributed by atoms with van der Waals surface area (Å²) >= 11 is 2.58. The molecule has 278 valence electrons. The van der Waals surface area contributed by atoms with Gasteiger partial charge in [0.2, 0.25) is 5.91 Å². The number of nitrogens with zero attached hydrogens (tertiary/aromatic N) is 2. The second-order valence-electron chi connectivity index (χ2n) is 13.6. The van der Waals surface area contributed by atoms with E-state index in [1.165, 1.54) is 23.1 Å². The van der Waals surface area contributed by atoms with Crippen LogP contribution < -0.4 is 16.0 Å². The molecule has 0 radical (unpaired) electrons. The summed E-state index contributed by atoms with van der Waals surface area (Å²) < 4.78 is 5.57. The highest BCUT2D eigenvalue weighted by Crippen LogP contribution is 2.41. The molecule has 3 N–H and O–H groups in total. The summed E-state index contributed by atoms with van der Waals surface area (Å²) in [6.07, 6.45) is 1.66. The second-order valence-corrected chi connectivity index (χ2v) is 15.9. The van der Waals surface area contributed by atoms with Crippen molar-refractivity contribution in [1.82, 2.24) is 10.2 Å². The Kier molecular flexibility index (Phi) is 12.1. The van der Waals surface area contributed by atoms with Crippen molar-refractivity contribution in [2.24, 2.45) is 0 Å². The minimum absolute atomic E-state index is 0.0563. The molecule has 12 heteroatoms. The van der Waals surface area contributed by atoms with Crippen LogP contribution in [0.15, 0.2) is 126 Å². The normalized spacial score (nSPS) is 13.1. The van der Waals surface area contributed by atoms with Gasteiger partial charge in [-0.05, 0) is 80.3 Å². The summed E-state index contributed by atoms with van der Waals surface area (Å²) in [6.45, 7) is 6.13. The zero-order valence-corrected chi connectivity index (χ0v) is 32.1. The van der Waals surface area contributed by atoms with Gasteiger partial charge < -0.3 is 25.6 Å². The third-order valence-corrected chi connectivity index (χ3v) is 10.8. The molecular formula is C43H39N5O5S2. The molecule has 1 aliphatic rings. The molecular weight excluding hydrogens is 731 g/mol. The lowest BCUT2D eigenvalue weighted by atomic mass is 10.0. The number of hydrogen-bond donors (Lipinski definition) is 3. The van der Waals surface area contributed by atoms with Crippen molar-refractivity contribution in [3.8, 4) is 6.07 Å². The third kappa shape index (κ3) is 10.1. The van der Waals surface area contributed by atoms with E-state index in [1.807, 2.05) is 93.6 Å². The standard InChI is InChI=1S/C43H39N5O5S2/c1-43(2,3)53-42(52)48-23-22-33-34(26-44)41(55-36(33)27-48)47-40(51)37(29-16-9-5-10-17-29)54-32-21-13-20-31(25-32)45-39(50)35(24-28-14-7-4-8-15-28)46-38(49)30-18-11-6-12-19-30/h4-21,24-25,37H,22-23,27H2,1-3H3,(H,45,50)(H,46,49)(H,47,51)/b35-24-. The fraction of sp³-hybridized carbons (Fsp3) is 0.186. The lowest BCUT2D eigenvalue weighted by molar-refractivity contribution is -0.116. The molecule has 1 unspecified atom stereocenters. The van der Waals surface area contributed by atoms with Crippen LogP contribution >= 0.6 is 23.1 Å². The zero-order valence-electron chi connectivity index (χ0n) is 30.5. The van der Waals surface area contributed by atoms with Crippen molar-refractivity contribution in [3.63, 3.8) is 0 Å². The summed E-state index contributed by atoms with van der Waals surface area (Å²) in [5.74, 6) is -1.28. The molecule has 0 saturated carbocycles.